The van der Waals surface area contributed by atoms with Gasteiger partial charge in [-0.3, -0.25) is 14.3 Å². The summed E-state index contributed by atoms with van der Waals surface area (Å²) in [4.78, 5) is 30.5. The fourth-order valence-electron chi connectivity index (χ4n) is 4.60. The van der Waals surface area contributed by atoms with Crippen LogP contribution in [-0.2, 0) is 17.9 Å². The van der Waals surface area contributed by atoms with Crippen molar-refractivity contribution in [3.63, 3.8) is 0 Å². The second-order valence-electron chi connectivity index (χ2n) is 10.3. The summed E-state index contributed by atoms with van der Waals surface area (Å²) < 4.78 is 6.92. The average molecular weight is 467 g/mol. The summed E-state index contributed by atoms with van der Waals surface area (Å²) in [5.41, 5.74) is 0.776. The van der Waals surface area contributed by atoms with Gasteiger partial charge < -0.3 is 15.2 Å². The van der Waals surface area contributed by atoms with Crippen molar-refractivity contribution in [2.45, 2.75) is 78.9 Å². The summed E-state index contributed by atoms with van der Waals surface area (Å²) in [6.45, 7) is 8.36. The number of aromatic nitrogens is 4. The molecule has 9 heteroatoms. The maximum absolute atomic E-state index is 13.4. The highest BCUT2D eigenvalue weighted by molar-refractivity contribution is 6.06. The van der Waals surface area contributed by atoms with Crippen LogP contribution in [0.1, 0.15) is 75.1 Å². The Balaban J connectivity index is 1.53. The predicted octanol–water partition coefficient (Wildman–Crippen LogP) is 3.77. The van der Waals surface area contributed by atoms with Gasteiger partial charge in [-0.2, -0.15) is 10.1 Å². The molecule has 9 nitrogen and oxygen atoms in total. The minimum Gasteiger partial charge on any atom is -0.347 e. The van der Waals surface area contributed by atoms with Gasteiger partial charge in [0.1, 0.15) is 6.04 Å². The number of hydrogen-bond acceptors (Lipinski definition) is 6. The van der Waals surface area contributed by atoms with Crippen molar-refractivity contribution >= 4 is 22.7 Å². The van der Waals surface area contributed by atoms with Crippen LogP contribution in [0.5, 0.6) is 0 Å². The van der Waals surface area contributed by atoms with Crippen LogP contribution >= 0.6 is 0 Å². The van der Waals surface area contributed by atoms with E-state index < -0.39 is 11.5 Å². The molecule has 0 radical (unpaired) electrons. The number of fused-ring (bicyclic) bond motifs is 1. The average Bonchev–Trinajstić information content (AvgIpc) is 3.39. The highest BCUT2D eigenvalue weighted by Gasteiger charge is 2.34. The van der Waals surface area contributed by atoms with E-state index in [1.807, 2.05) is 49.7 Å². The quantitative estimate of drug-likeness (QED) is 0.548. The molecule has 1 saturated carbocycles. The molecule has 1 fully saturated rings. The summed E-state index contributed by atoms with van der Waals surface area (Å²) in [6, 6.07) is 7.03. The molecule has 1 aliphatic rings. The van der Waals surface area contributed by atoms with E-state index in [4.69, 9.17) is 9.62 Å². The van der Waals surface area contributed by atoms with Crippen LogP contribution in [-0.4, -0.2) is 37.8 Å². The number of para-hydroxylation sites is 1. The lowest BCUT2D eigenvalue weighted by atomic mass is 9.86. The van der Waals surface area contributed by atoms with E-state index in [2.05, 4.69) is 20.8 Å². The maximum Gasteiger partial charge on any atom is 0.273 e. The van der Waals surface area contributed by atoms with Crippen LogP contribution in [0, 0.1) is 18.3 Å². The van der Waals surface area contributed by atoms with E-state index in [1.54, 1.807) is 6.92 Å². The number of nitrogens with zero attached hydrogens (tertiary/aromatic N) is 4. The fourth-order valence-corrected chi connectivity index (χ4v) is 4.60. The minimum absolute atomic E-state index is 0.123. The summed E-state index contributed by atoms with van der Waals surface area (Å²) in [7, 11) is 0. The normalized spacial score (nSPS) is 15.9. The molecule has 2 N–H and O–H groups in total. The summed E-state index contributed by atoms with van der Waals surface area (Å²) in [6.07, 6.45) is 6.20. The van der Waals surface area contributed by atoms with Crippen LogP contribution in [0.15, 0.2) is 28.8 Å². The zero-order valence-electron chi connectivity index (χ0n) is 20.4. The largest absolute Gasteiger partial charge is 0.347 e. The Morgan fingerprint density at radius 3 is 2.59 bits per heavy atom. The van der Waals surface area contributed by atoms with Gasteiger partial charge in [0.2, 0.25) is 11.8 Å². The van der Waals surface area contributed by atoms with Crippen LogP contribution < -0.4 is 10.6 Å². The third-order valence-electron chi connectivity index (χ3n) is 6.42. The van der Waals surface area contributed by atoms with Gasteiger partial charge in [0.05, 0.1) is 12.1 Å². The van der Waals surface area contributed by atoms with Gasteiger partial charge >= 0.3 is 0 Å². The van der Waals surface area contributed by atoms with Gasteiger partial charge in [0, 0.05) is 18.9 Å². The molecule has 2 heterocycles. The Bertz CT molecular complexity index is 1150. The van der Waals surface area contributed by atoms with E-state index in [9.17, 15) is 9.59 Å². The number of aryl methyl sites for hydroxylation is 1. The molecule has 3 aromatic rings. The van der Waals surface area contributed by atoms with Crippen LogP contribution in [0.25, 0.3) is 10.9 Å². The highest BCUT2D eigenvalue weighted by Crippen LogP contribution is 2.28. The third kappa shape index (κ3) is 5.46. The van der Waals surface area contributed by atoms with Crippen molar-refractivity contribution in [3.05, 3.63) is 41.7 Å². The highest BCUT2D eigenvalue weighted by atomic mass is 16.5. The standard InChI is InChI=1S/C25H34N6O3/c1-16-27-20(30-34-16)14-26-24(33)22(25(2,3)4)28-23(32)21-18-12-8-9-13-19(18)31(29-21)15-17-10-6-5-7-11-17/h8-9,12-13,17,22H,5-7,10-11,14-15H2,1-4H3,(H,26,33)(H,28,32). The smallest absolute Gasteiger partial charge is 0.273 e. The second-order valence-corrected chi connectivity index (χ2v) is 10.3. The number of nitrogens with one attached hydrogen (secondary N) is 2. The number of benzene rings is 1. The predicted molar refractivity (Wildman–Crippen MR) is 128 cm³/mol. The molecule has 0 bridgehead atoms. The van der Waals surface area contributed by atoms with Gasteiger partial charge in [0.15, 0.2) is 11.5 Å². The van der Waals surface area contributed by atoms with Crippen molar-refractivity contribution in [1.82, 2.24) is 30.6 Å². The minimum atomic E-state index is -0.768. The van der Waals surface area contributed by atoms with Gasteiger partial charge in [-0.1, -0.05) is 63.4 Å². The lowest BCUT2D eigenvalue weighted by molar-refractivity contribution is -0.125. The lowest BCUT2D eigenvalue weighted by Crippen LogP contribution is -2.53. The Labute approximate surface area is 199 Å². The number of rotatable bonds is 7. The first kappa shape index (κ1) is 23.9. The molecule has 1 aliphatic carbocycles. The van der Waals surface area contributed by atoms with Crippen LogP contribution in [0.3, 0.4) is 0 Å². The van der Waals surface area contributed by atoms with E-state index in [1.165, 1.54) is 32.1 Å². The molecule has 4 rings (SSSR count). The van der Waals surface area contributed by atoms with Gasteiger partial charge in [-0.15, -0.1) is 0 Å². The van der Waals surface area contributed by atoms with Crippen LogP contribution in [0.2, 0.25) is 0 Å². The topological polar surface area (TPSA) is 115 Å². The van der Waals surface area contributed by atoms with Crippen molar-refractivity contribution in [3.8, 4) is 0 Å². The molecule has 2 aromatic heterocycles. The Morgan fingerprint density at radius 1 is 1.18 bits per heavy atom. The first-order valence-corrected chi connectivity index (χ1v) is 12.1. The molecule has 0 saturated heterocycles. The molecule has 1 unspecified atom stereocenters. The second kappa shape index (κ2) is 9.95. The zero-order valence-corrected chi connectivity index (χ0v) is 20.4. The number of amides is 2. The maximum atomic E-state index is 13.4. The number of hydrogen-bond donors (Lipinski definition) is 2. The molecular weight excluding hydrogens is 432 g/mol. The van der Waals surface area contributed by atoms with E-state index in [-0.39, 0.29) is 18.4 Å². The molecule has 1 atom stereocenters. The summed E-state index contributed by atoms with van der Waals surface area (Å²) in [5, 5.41) is 15.1. The third-order valence-corrected chi connectivity index (χ3v) is 6.42. The Hall–Kier alpha value is -3.23. The Kier molecular flexibility index (Phi) is 7.00. The molecule has 0 aliphatic heterocycles. The van der Waals surface area contributed by atoms with Gasteiger partial charge in [-0.25, -0.2) is 0 Å². The van der Waals surface area contributed by atoms with Crippen LogP contribution in [0.4, 0.5) is 0 Å². The molecule has 182 valence electrons. The molecular formula is C25H34N6O3. The van der Waals surface area contributed by atoms with E-state index >= 15 is 0 Å². The first-order chi connectivity index (χ1) is 16.2. The molecule has 34 heavy (non-hydrogen) atoms. The fraction of sp³-hybridized carbons (Fsp3) is 0.560. The zero-order chi connectivity index (χ0) is 24.3. The molecule has 2 amide bonds. The molecule has 1 aromatic carbocycles. The first-order valence-electron chi connectivity index (χ1n) is 12.1. The number of carbonyl (C=O) groups excluding carboxylic acids is 2. The van der Waals surface area contributed by atoms with Crippen molar-refractivity contribution in [2.75, 3.05) is 0 Å². The van der Waals surface area contributed by atoms with Crippen molar-refractivity contribution in [1.29, 1.82) is 0 Å². The SMILES string of the molecule is Cc1nc(CNC(=O)C(NC(=O)c2nn(CC3CCCCC3)c3ccccc23)C(C)(C)C)no1. The van der Waals surface area contributed by atoms with Gasteiger partial charge in [0.25, 0.3) is 5.91 Å². The lowest BCUT2D eigenvalue weighted by Gasteiger charge is -2.30. The van der Waals surface area contributed by atoms with E-state index in [0.29, 0.717) is 23.3 Å². The number of carbonyl (C=O) groups is 2. The summed E-state index contributed by atoms with van der Waals surface area (Å²) in [5.74, 6) is 0.728. The monoisotopic (exact) mass is 466 g/mol. The molecule has 0 spiro atoms. The van der Waals surface area contributed by atoms with Crippen molar-refractivity contribution in [2.24, 2.45) is 11.3 Å². The van der Waals surface area contributed by atoms with E-state index in [0.717, 1.165) is 17.4 Å². The van der Waals surface area contributed by atoms with Gasteiger partial charge in [-0.05, 0) is 30.2 Å². The van der Waals surface area contributed by atoms with Crippen molar-refractivity contribution < 1.29 is 14.1 Å². The summed E-state index contributed by atoms with van der Waals surface area (Å²) >= 11 is 0. The Morgan fingerprint density at radius 2 is 1.91 bits per heavy atom.